The van der Waals surface area contributed by atoms with Gasteiger partial charge in [-0.1, -0.05) is 36.4 Å². The zero-order chi connectivity index (χ0) is 21.1. The highest BCUT2D eigenvalue weighted by atomic mass is 16.5. The maximum absolute atomic E-state index is 12.7. The lowest BCUT2D eigenvalue weighted by atomic mass is 9.94. The highest BCUT2D eigenvalue weighted by Gasteiger charge is 2.34. The van der Waals surface area contributed by atoms with Crippen molar-refractivity contribution < 1.29 is 19.1 Å². The number of ether oxygens (including phenoxy) is 2. The van der Waals surface area contributed by atoms with Gasteiger partial charge in [-0.15, -0.1) is 0 Å². The van der Waals surface area contributed by atoms with E-state index in [2.05, 4.69) is 33.7 Å². The summed E-state index contributed by atoms with van der Waals surface area (Å²) in [6.45, 7) is 2.08. The lowest BCUT2D eigenvalue weighted by molar-refractivity contribution is -0.136. The molecule has 2 aromatic carbocycles. The number of rotatable bonds is 5. The second kappa shape index (κ2) is 8.59. The van der Waals surface area contributed by atoms with E-state index in [1.54, 1.807) is 19.2 Å². The third-order valence-corrected chi connectivity index (χ3v) is 5.60. The Labute approximate surface area is 175 Å². The number of amides is 2. The van der Waals surface area contributed by atoms with Crippen LogP contribution in [0.4, 0.5) is 4.79 Å². The van der Waals surface area contributed by atoms with Crippen molar-refractivity contribution >= 4 is 12.0 Å². The molecule has 0 aliphatic carbocycles. The number of fused-ring (bicyclic) bond motifs is 1. The normalized spacial score (nSPS) is 18.9. The number of hydrogen-bond acceptors (Lipinski definition) is 5. The molecular formula is C23H25N3O4. The summed E-state index contributed by atoms with van der Waals surface area (Å²) >= 11 is 0. The highest BCUT2D eigenvalue weighted by Crippen LogP contribution is 2.30. The second-order valence-corrected chi connectivity index (χ2v) is 7.42. The van der Waals surface area contributed by atoms with E-state index >= 15 is 0 Å². The summed E-state index contributed by atoms with van der Waals surface area (Å²) in [6, 6.07) is 14.7. The number of urea groups is 1. The van der Waals surface area contributed by atoms with Crippen molar-refractivity contribution in [3.63, 3.8) is 0 Å². The highest BCUT2D eigenvalue weighted by molar-refractivity contribution is 5.95. The molecule has 2 aliphatic heterocycles. The van der Waals surface area contributed by atoms with Gasteiger partial charge in [-0.05, 0) is 35.2 Å². The molecule has 0 unspecified atom stereocenters. The van der Waals surface area contributed by atoms with Crippen LogP contribution in [0.1, 0.15) is 22.7 Å². The third-order valence-electron chi connectivity index (χ3n) is 5.60. The van der Waals surface area contributed by atoms with Crippen LogP contribution in [0.2, 0.25) is 0 Å². The summed E-state index contributed by atoms with van der Waals surface area (Å²) in [6.07, 6.45) is 0.936. The molecule has 0 aromatic heterocycles. The molecule has 0 saturated carbocycles. The molecule has 156 valence electrons. The Balaban J connectivity index is 1.66. The van der Waals surface area contributed by atoms with E-state index in [0.717, 1.165) is 25.1 Å². The molecule has 0 saturated heterocycles. The SMILES string of the molecule is COC(=O)C1=C(CN2CCc3ccccc3C2)NC(=O)N[C@H]1c1ccc(OC)cc1. The van der Waals surface area contributed by atoms with Crippen LogP contribution in [0.5, 0.6) is 5.75 Å². The molecule has 2 N–H and O–H groups in total. The Morgan fingerprint density at radius 3 is 2.53 bits per heavy atom. The second-order valence-electron chi connectivity index (χ2n) is 7.42. The van der Waals surface area contributed by atoms with Crippen molar-refractivity contribution in [2.75, 3.05) is 27.3 Å². The van der Waals surface area contributed by atoms with Crippen LogP contribution in [0.25, 0.3) is 0 Å². The lowest BCUT2D eigenvalue weighted by Crippen LogP contribution is -2.48. The molecule has 7 heteroatoms. The molecule has 0 bridgehead atoms. The van der Waals surface area contributed by atoms with Crippen molar-refractivity contribution in [1.29, 1.82) is 0 Å². The molecule has 0 spiro atoms. The number of benzene rings is 2. The van der Waals surface area contributed by atoms with E-state index in [9.17, 15) is 9.59 Å². The minimum Gasteiger partial charge on any atom is -0.497 e. The monoisotopic (exact) mass is 407 g/mol. The Morgan fingerprint density at radius 1 is 1.10 bits per heavy atom. The van der Waals surface area contributed by atoms with Gasteiger partial charge in [0.1, 0.15) is 5.75 Å². The molecule has 2 aliphatic rings. The van der Waals surface area contributed by atoms with Crippen LogP contribution in [0, 0.1) is 0 Å². The largest absolute Gasteiger partial charge is 0.497 e. The zero-order valence-corrected chi connectivity index (χ0v) is 17.1. The van der Waals surface area contributed by atoms with Crippen molar-refractivity contribution in [3.05, 3.63) is 76.5 Å². The predicted octanol–water partition coefficient (Wildman–Crippen LogP) is 2.53. The molecule has 0 fully saturated rings. The number of hydrogen-bond donors (Lipinski definition) is 2. The van der Waals surface area contributed by atoms with Crippen LogP contribution in [0.15, 0.2) is 59.8 Å². The van der Waals surface area contributed by atoms with Gasteiger partial charge >= 0.3 is 12.0 Å². The summed E-state index contributed by atoms with van der Waals surface area (Å²) < 4.78 is 10.3. The standard InChI is InChI=1S/C23H25N3O4/c1-29-18-9-7-16(8-10-18)21-20(22(27)30-2)19(24-23(28)25-21)14-26-12-11-15-5-3-4-6-17(15)13-26/h3-10,21H,11-14H2,1-2H3,(H2,24,25,28)/t21-/m0/s1. The molecule has 2 amide bonds. The Morgan fingerprint density at radius 2 is 1.83 bits per heavy atom. The molecule has 1 atom stereocenters. The molecule has 7 nitrogen and oxygen atoms in total. The molecule has 2 aromatic rings. The summed E-state index contributed by atoms with van der Waals surface area (Å²) in [4.78, 5) is 27.4. The van der Waals surface area contributed by atoms with Gasteiger partial charge in [0.2, 0.25) is 0 Å². The average Bonchev–Trinajstić information content (AvgIpc) is 2.78. The molecule has 2 heterocycles. The van der Waals surface area contributed by atoms with Crippen LogP contribution in [-0.4, -0.2) is 44.2 Å². The fourth-order valence-electron chi connectivity index (χ4n) is 4.05. The smallest absolute Gasteiger partial charge is 0.338 e. The van der Waals surface area contributed by atoms with Gasteiger partial charge in [-0.25, -0.2) is 9.59 Å². The van der Waals surface area contributed by atoms with Gasteiger partial charge in [0.05, 0.1) is 25.8 Å². The number of nitrogens with zero attached hydrogens (tertiary/aromatic N) is 1. The summed E-state index contributed by atoms with van der Waals surface area (Å²) in [5.41, 5.74) is 4.40. The number of esters is 1. The molecule has 0 radical (unpaired) electrons. The Kier molecular flexibility index (Phi) is 5.72. The van der Waals surface area contributed by atoms with E-state index < -0.39 is 12.0 Å². The van der Waals surface area contributed by atoms with Gasteiger partial charge in [-0.3, -0.25) is 4.90 Å². The van der Waals surface area contributed by atoms with E-state index in [1.807, 2.05) is 18.2 Å². The van der Waals surface area contributed by atoms with E-state index in [0.29, 0.717) is 23.6 Å². The first-order chi connectivity index (χ1) is 14.6. The fourth-order valence-corrected chi connectivity index (χ4v) is 4.05. The minimum absolute atomic E-state index is 0.337. The molecule has 30 heavy (non-hydrogen) atoms. The zero-order valence-electron chi connectivity index (χ0n) is 17.1. The third kappa shape index (κ3) is 4.02. The number of carbonyl (C=O) groups excluding carboxylic acids is 2. The number of carbonyl (C=O) groups is 2. The van der Waals surface area contributed by atoms with Crippen molar-refractivity contribution in [1.82, 2.24) is 15.5 Å². The first-order valence-corrected chi connectivity index (χ1v) is 9.91. The molecular weight excluding hydrogens is 382 g/mol. The average molecular weight is 407 g/mol. The van der Waals surface area contributed by atoms with Crippen LogP contribution >= 0.6 is 0 Å². The summed E-state index contributed by atoms with van der Waals surface area (Å²) in [5.74, 6) is 0.241. The van der Waals surface area contributed by atoms with Gasteiger partial charge in [-0.2, -0.15) is 0 Å². The molecule has 4 rings (SSSR count). The lowest BCUT2D eigenvalue weighted by Gasteiger charge is -2.34. The van der Waals surface area contributed by atoms with E-state index in [-0.39, 0.29) is 6.03 Å². The van der Waals surface area contributed by atoms with Crippen molar-refractivity contribution in [3.8, 4) is 5.75 Å². The van der Waals surface area contributed by atoms with Crippen molar-refractivity contribution in [2.45, 2.75) is 19.0 Å². The number of methoxy groups -OCH3 is 2. The Hall–Kier alpha value is -3.32. The predicted molar refractivity (Wildman–Crippen MR) is 112 cm³/mol. The van der Waals surface area contributed by atoms with Crippen molar-refractivity contribution in [2.24, 2.45) is 0 Å². The maximum Gasteiger partial charge on any atom is 0.338 e. The minimum atomic E-state index is -0.593. The van der Waals surface area contributed by atoms with Crippen LogP contribution in [0.3, 0.4) is 0 Å². The first kappa shape index (κ1) is 20.0. The van der Waals surface area contributed by atoms with Gasteiger partial charge in [0.15, 0.2) is 0 Å². The fraction of sp³-hybridized carbons (Fsp3) is 0.304. The number of nitrogens with one attached hydrogen (secondary N) is 2. The van der Waals surface area contributed by atoms with Gasteiger partial charge < -0.3 is 20.1 Å². The van der Waals surface area contributed by atoms with Crippen LogP contribution < -0.4 is 15.4 Å². The summed E-state index contributed by atoms with van der Waals surface area (Å²) in [7, 11) is 2.95. The van der Waals surface area contributed by atoms with Crippen LogP contribution in [-0.2, 0) is 22.5 Å². The summed E-state index contributed by atoms with van der Waals surface area (Å²) in [5, 5.41) is 5.69. The van der Waals surface area contributed by atoms with E-state index in [4.69, 9.17) is 9.47 Å². The first-order valence-electron chi connectivity index (χ1n) is 9.91. The maximum atomic E-state index is 12.7. The Bertz CT molecular complexity index is 984. The topological polar surface area (TPSA) is 79.9 Å². The van der Waals surface area contributed by atoms with E-state index in [1.165, 1.54) is 18.2 Å². The van der Waals surface area contributed by atoms with Gasteiger partial charge in [0, 0.05) is 25.3 Å². The quantitative estimate of drug-likeness (QED) is 0.745. The van der Waals surface area contributed by atoms with Gasteiger partial charge in [0.25, 0.3) is 0 Å².